The Morgan fingerprint density at radius 2 is 2.44 bits per heavy atom. The molecule has 5 heteroatoms. The molecule has 1 fully saturated rings. The molecule has 0 radical (unpaired) electrons. The number of nitrogens with two attached hydrogens (primary N) is 1. The number of hydrogen-bond donors (Lipinski definition) is 1. The van der Waals surface area contributed by atoms with Gasteiger partial charge in [-0.15, -0.1) is 0 Å². The van der Waals surface area contributed by atoms with E-state index in [0.29, 0.717) is 12.6 Å². The topological polar surface area (TPSA) is 56.3 Å². The molecule has 0 amide bonds. The molecular formula is C13H24N4O. The number of imidazole rings is 1. The average Bonchev–Trinajstić information content (AvgIpc) is 3.02. The van der Waals surface area contributed by atoms with Crippen LogP contribution in [0.15, 0.2) is 12.4 Å². The zero-order valence-electron chi connectivity index (χ0n) is 11.2. The second-order valence-corrected chi connectivity index (χ2v) is 4.70. The van der Waals surface area contributed by atoms with Crippen molar-refractivity contribution in [2.45, 2.75) is 38.8 Å². The van der Waals surface area contributed by atoms with Crippen LogP contribution in [0.5, 0.6) is 0 Å². The predicted molar refractivity (Wildman–Crippen MR) is 72.8 cm³/mol. The summed E-state index contributed by atoms with van der Waals surface area (Å²) in [5.74, 6) is 1.07. The summed E-state index contributed by atoms with van der Waals surface area (Å²) in [5, 5.41) is 0. The van der Waals surface area contributed by atoms with E-state index in [1.807, 2.05) is 19.3 Å². The number of nitrogens with zero attached hydrogens (tertiary/aromatic N) is 3. The smallest absolute Gasteiger partial charge is 0.205 e. The van der Waals surface area contributed by atoms with Crippen LogP contribution in [0.4, 0.5) is 5.95 Å². The summed E-state index contributed by atoms with van der Waals surface area (Å²) >= 11 is 0. The van der Waals surface area contributed by atoms with Crippen LogP contribution in [0.2, 0.25) is 0 Å². The van der Waals surface area contributed by atoms with Crippen molar-refractivity contribution in [3.05, 3.63) is 12.4 Å². The number of aromatic nitrogens is 2. The fourth-order valence-corrected chi connectivity index (χ4v) is 2.56. The van der Waals surface area contributed by atoms with Gasteiger partial charge in [-0.3, -0.25) is 0 Å². The minimum atomic E-state index is 0.457. The van der Waals surface area contributed by atoms with E-state index in [-0.39, 0.29) is 0 Å². The van der Waals surface area contributed by atoms with Gasteiger partial charge in [0.15, 0.2) is 0 Å². The maximum Gasteiger partial charge on any atom is 0.205 e. The lowest BCUT2D eigenvalue weighted by Crippen LogP contribution is -2.37. The van der Waals surface area contributed by atoms with Crippen molar-refractivity contribution < 1.29 is 4.74 Å². The molecule has 1 aromatic rings. The monoisotopic (exact) mass is 252 g/mol. The Labute approximate surface area is 109 Å². The molecule has 1 saturated heterocycles. The zero-order valence-corrected chi connectivity index (χ0v) is 11.2. The van der Waals surface area contributed by atoms with E-state index in [0.717, 1.165) is 38.7 Å². The highest BCUT2D eigenvalue weighted by atomic mass is 16.5. The molecule has 18 heavy (non-hydrogen) atoms. The van der Waals surface area contributed by atoms with Gasteiger partial charge in [0.25, 0.3) is 0 Å². The van der Waals surface area contributed by atoms with Crippen molar-refractivity contribution in [3.8, 4) is 0 Å². The summed E-state index contributed by atoms with van der Waals surface area (Å²) in [6.45, 7) is 6.38. The number of aryl methyl sites for hydroxylation is 1. The molecule has 2 heterocycles. The van der Waals surface area contributed by atoms with Crippen LogP contribution in [0, 0.1) is 0 Å². The lowest BCUT2D eigenvalue weighted by Gasteiger charge is -2.25. The van der Waals surface area contributed by atoms with E-state index >= 15 is 0 Å². The molecular weight excluding hydrogens is 228 g/mol. The minimum Gasteiger partial charge on any atom is -0.382 e. The fourth-order valence-electron chi connectivity index (χ4n) is 2.56. The molecule has 2 N–H and O–H groups in total. The normalized spacial score (nSPS) is 19.7. The maximum absolute atomic E-state index is 5.82. The zero-order chi connectivity index (χ0) is 12.8. The third-order valence-electron chi connectivity index (χ3n) is 3.49. The van der Waals surface area contributed by atoms with Crippen LogP contribution < -0.4 is 10.6 Å². The van der Waals surface area contributed by atoms with Crippen molar-refractivity contribution in [1.29, 1.82) is 0 Å². The summed E-state index contributed by atoms with van der Waals surface area (Å²) in [5.41, 5.74) is 5.82. The van der Waals surface area contributed by atoms with Crippen LogP contribution in [-0.4, -0.2) is 41.9 Å². The minimum absolute atomic E-state index is 0.457. The van der Waals surface area contributed by atoms with Gasteiger partial charge < -0.3 is 19.9 Å². The van der Waals surface area contributed by atoms with Crippen molar-refractivity contribution in [2.75, 3.05) is 31.2 Å². The predicted octanol–water partition coefficient (Wildman–Crippen LogP) is 1.24. The molecule has 102 valence electrons. The highest BCUT2D eigenvalue weighted by Crippen LogP contribution is 2.23. The van der Waals surface area contributed by atoms with Crippen LogP contribution in [0.3, 0.4) is 0 Å². The quantitative estimate of drug-likeness (QED) is 0.742. The van der Waals surface area contributed by atoms with Gasteiger partial charge in [0.05, 0.1) is 0 Å². The molecule has 0 bridgehead atoms. The number of rotatable bonds is 7. The van der Waals surface area contributed by atoms with Gasteiger partial charge in [-0.25, -0.2) is 4.98 Å². The largest absolute Gasteiger partial charge is 0.382 e. The molecule has 0 aromatic carbocycles. The lowest BCUT2D eigenvalue weighted by molar-refractivity contribution is 0.141. The van der Waals surface area contributed by atoms with Crippen LogP contribution >= 0.6 is 0 Å². The Bertz CT molecular complexity index is 353. The summed E-state index contributed by atoms with van der Waals surface area (Å²) in [6, 6.07) is 0.457. The fraction of sp³-hybridized carbons (Fsp3) is 0.769. The summed E-state index contributed by atoms with van der Waals surface area (Å²) in [7, 11) is 0. The molecule has 1 aromatic heterocycles. The van der Waals surface area contributed by atoms with Crippen molar-refractivity contribution >= 4 is 5.95 Å². The SMILES string of the molecule is CCOCCCn1ccnc1N1CCCC1CN. The van der Waals surface area contributed by atoms with Crippen molar-refractivity contribution in [3.63, 3.8) is 0 Å². The van der Waals surface area contributed by atoms with Gasteiger partial charge in [0.2, 0.25) is 5.95 Å². The van der Waals surface area contributed by atoms with E-state index in [4.69, 9.17) is 10.5 Å². The molecule has 0 aliphatic carbocycles. The first-order valence-electron chi connectivity index (χ1n) is 6.92. The lowest BCUT2D eigenvalue weighted by atomic mass is 10.2. The highest BCUT2D eigenvalue weighted by Gasteiger charge is 2.26. The molecule has 2 rings (SSSR count). The Morgan fingerprint density at radius 3 is 3.22 bits per heavy atom. The van der Waals surface area contributed by atoms with Crippen LogP contribution in [0.1, 0.15) is 26.2 Å². The van der Waals surface area contributed by atoms with E-state index in [2.05, 4.69) is 14.5 Å². The van der Waals surface area contributed by atoms with Gasteiger partial charge in [-0.2, -0.15) is 0 Å². The first-order chi connectivity index (χ1) is 8.86. The molecule has 0 saturated carbocycles. The summed E-state index contributed by atoms with van der Waals surface area (Å²) < 4.78 is 7.59. The molecule has 1 atom stereocenters. The molecule has 1 aliphatic heterocycles. The van der Waals surface area contributed by atoms with E-state index in [1.54, 1.807) is 0 Å². The van der Waals surface area contributed by atoms with Crippen molar-refractivity contribution in [1.82, 2.24) is 9.55 Å². The van der Waals surface area contributed by atoms with Gasteiger partial charge >= 0.3 is 0 Å². The maximum atomic E-state index is 5.82. The van der Waals surface area contributed by atoms with Crippen LogP contribution in [-0.2, 0) is 11.3 Å². The third-order valence-corrected chi connectivity index (χ3v) is 3.49. The molecule has 1 aliphatic rings. The van der Waals surface area contributed by atoms with E-state index < -0.39 is 0 Å². The Morgan fingerprint density at radius 1 is 1.56 bits per heavy atom. The Kier molecular flexibility index (Phi) is 5.01. The van der Waals surface area contributed by atoms with Gasteiger partial charge in [0.1, 0.15) is 0 Å². The molecule has 0 spiro atoms. The van der Waals surface area contributed by atoms with Crippen molar-refractivity contribution in [2.24, 2.45) is 5.73 Å². The number of ether oxygens (including phenoxy) is 1. The highest BCUT2D eigenvalue weighted by molar-refractivity contribution is 5.35. The molecule has 1 unspecified atom stereocenters. The second-order valence-electron chi connectivity index (χ2n) is 4.70. The van der Waals surface area contributed by atoms with E-state index in [1.165, 1.54) is 12.8 Å². The van der Waals surface area contributed by atoms with Gasteiger partial charge in [0, 0.05) is 51.3 Å². The Balaban J connectivity index is 1.94. The average molecular weight is 252 g/mol. The first-order valence-corrected chi connectivity index (χ1v) is 6.92. The Hall–Kier alpha value is -1.07. The molecule has 5 nitrogen and oxygen atoms in total. The third kappa shape index (κ3) is 3.03. The number of anilines is 1. The van der Waals surface area contributed by atoms with Gasteiger partial charge in [-0.05, 0) is 26.2 Å². The second kappa shape index (κ2) is 6.75. The standard InChI is InChI=1S/C13H24N4O/c1-2-18-10-4-7-16-9-6-15-13(16)17-8-3-5-12(17)11-14/h6,9,12H,2-5,7-8,10-11,14H2,1H3. The summed E-state index contributed by atoms with van der Waals surface area (Å²) in [6.07, 6.45) is 7.35. The first kappa shape index (κ1) is 13.4. The van der Waals surface area contributed by atoms with E-state index in [9.17, 15) is 0 Å². The summed E-state index contributed by atoms with van der Waals surface area (Å²) in [4.78, 5) is 6.84. The van der Waals surface area contributed by atoms with Crippen LogP contribution in [0.25, 0.3) is 0 Å². The number of hydrogen-bond acceptors (Lipinski definition) is 4. The van der Waals surface area contributed by atoms with Gasteiger partial charge in [-0.1, -0.05) is 0 Å².